The zero-order valence-corrected chi connectivity index (χ0v) is 38.5. The Morgan fingerprint density at radius 2 is 0.820 bits per heavy atom. The van der Waals surface area contributed by atoms with Crippen LogP contribution < -0.4 is 35.2 Å². The molecule has 2 atom stereocenters. The van der Waals surface area contributed by atoms with Crippen molar-refractivity contribution in [2.75, 3.05) is 0 Å². The van der Waals surface area contributed by atoms with Gasteiger partial charge in [-0.25, -0.2) is 0 Å². The van der Waals surface area contributed by atoms with Gasteiger partial charge in [0.15, 0.2) is 0 Å². The molecule has 0 saturated carbocycles. The third-order valence-electron chi connectivity index (χ3n) is 11.4. The van der Waals surface area contributed by atoms with Gasteiger partial charge in [-0.1, -0.05) is 0 Å². The predicted molar refractivity (Wildman–Crippen MR) is 210 cm³/mol. The van der Waals surface area contributed by atoms with Gasteiger partial charge in [-0.05, 0) is 0 Å². The maximum Gasteiger partial charge on any atom is -1.00 e. The number of fused-ring (bicyclic) bond motifs is 2. The van der Waals surface area contributed by atoms with Gasteiger partial charge >= 0.3 is 303 Å². The van der Waals surface area contributed by atoms with Gasteiger partial charge in [0.05, 0.1) is 0 Å². The van der Waals surface area contributed by atoms with Crippen molar-refractivity contribution >= 4 is 45.1 Å². The Morgan fingerprint density at radius 1 is 0.500 bits per heavy atom. The largest absolute Gasteiger partial charge is 1.00 e. The Hall–Kier alpha value is -1.93. The molecular formula is C42H53Cl2O2Si3Zr. The minimum absolute atomic E-state index is 0. The van der Waals surface area contributed by atoms with Gasteiger partial charge in [-0.2, -0.15) is 0 Å². The van der Waals surface area contributed by atoms with E-state index < -0.39 is 43.5 Å². The van der Waals surface area contributed by atoms with E-state index in [0.717, 1.165) is 0 Å². The van der Waals surface area contributed by atoms with E-state index in [9.17, 15) is 0 Å². The molecule has 0 saturated heterocycles. The van der Waals surface area contributed by atoms with Gasteiger partial charge in [0.2, 0.25) is 0 Å². The Kier molecular flexibility index (Phi) is 12.7. The molecule has 0 bridgehead atoms. The summed E-state index contributed by atoms with van der Waals surface area (Å²) in [7, 11) is -4.28. The number of benzene rings is 4. The average Bonchev–Trinajstić information content (AvgIpc) is 3.56. The summed E-state index contributed by atoms with van der Waals surface area (Å²) >= 11 is -2.90. The minimum Gasteiger partial charge on any atom is -1.00 e. The molecule has 0 amide bonds. The van der Waals surface area contributed by atoms with Gasteiger partial charge in [-0.3, -0.25) is 0 Å². The monoisotopic (exact) mass is 833 g/mol. The fourth-order valence-electron chi connectivity index (χ4n) is 6.72. The van der Waals surface area contributed by atoms with Crippen LogP contribution in [0.3, 0.4) is 0 Å². The maximum absolute atomic E-state index is 7.52. The third kappa shape index (κ3) is 8.01. The van der Waals surface area contributed by atoms with Crippen molar-refractivity contribution in [3.8, 4) is 0 Å². The molecule has 4 aromatic carbocycles. The zero-order chi connectivity index (χ0) is 34.5. The minimum atomic E-state index is -2.90. The van der Waals surface area contributed by atoms with E-state index in [0.29, 0.717) is 0 Å². The number of allylic oxidation sites excluding steroid dienone is 2. The summed E-state index contributed by atoms with van der Waals surface area (Å²) in [6.45, 7) is 23.8. The molecular weight excluding hydrogens is 783 g/mol. The third-order valence-corrected chi connectivity index (χ3v) is 42.9. The SMILES string of the molecule is CC(C)(C)[Si](C)(C)OC1=Cc2ccccc2[C@@H]1[Zr+2]([C@H]1C(O[Si](C)(C)C(C)(C)C)=Cc2ccccc21)[SiH](c1ccccc1)c1ccccc1.[Cl-].[Cl-]. The summed E-state index contributed by atoms with van der Waals surface area (Å²) in [4.78, 5) is 0. The first-order chi connectivity index (χ1) is 22.6. The first-order valence-electron chi connectivity index (χ1n) is 17.5. The smallest absolute Gasteiger partial charge is 1.00 e. The second-order valence-corrected chi connectivity index (χ2v) is 41.8. The van der Waals surface area contributed by atoms with Crippen molar-refractivity contribution < 1.29 is 54.6 Å². The Balaban J connectivity index is 0.00000281. The molecule has 50 heavy (non-hydrogen) atoms. The van der Waals surface area contributed by atoms with E-state index in [2.05, 4.69) is 189 Å². The Morgan fingerprint density at radius 3 is 1.16 bits per heavy atom. The molecule has 0 spiro atoms. The van der Waals surface area contributed by atoms with Crippen molar-refractivity contribution in [3.05, 3.63) is 143 Å². The standard InChI is InChI=1S/2C15H21OSi.C12H11Si.2ClH.Zr/c2*1-15(2,3)17(4,5)16-14-10-12-8-6-7-9-13(12)11-14;1-3-7-11(8-4-1)13-12-9-5-2-6-10-12;;;/h2*6-11H,1-5H3;1-10,13H;2*1H;/q;;;;;+2/p-2. The molecule has 0 unspecified atom stereocenters. The maximum atomic E-state index is 7.52. The van der Waals surface area contributed by atoms with Crippen LogP contribution in [0.2, 0.25) is 36.3 Å². The fraction of sp³-hybridized carbons (Fsp3) is 0.333. The summed E-state index contributed by atoms with van der Waals surface area (Å²) in [5.74, 6) is 0.668. The number of halogens is 2. The first-order valence-corrected chi connectivity index (χ1v) is 32.2. The summed E-state index contributed by atoms with van der Waals surface area (Å²) in [6, 6.07) is 41.5. The normalized spacial score (nSPS) is 17.1. The zero-order valence-electron chi connectivity index (χ0n) is 31.4. The van der Waals surface area contributed by atoms with Gasteiger partial charge in [-0.15, -0.1) is 0 Å². The van der Waals surface area contributed by atoms with Crippen LogP contribution in [-0.2, 0) is 29.8 Å². The molecule has 0 N–H and O–H groups in total. The van der Waals surface area contributed by atoms with Gasteiger partial charge in [0.25, 0.3) is 0 Å². The second kappa shape index (κ2) is 15.6. The molecule has 8 heteroatoms. The van der Waals surface area contributed by atoms with Crippen LogP contribution in [0.15, 0.2) is 121 Å². The number of rotatable bonds is 9. The van der Waals surface area contributed by atoms with Crippen LogP contribution in [0.5, 0.6) is 0 Å². The number of hydrogen-bond donors (Lipinski definition) is 0. The quantitative estimate of drug-likeness (QED) is 0.234. The summed E-state index contributed by atoms with van der Waals surface area (Å²) < 4.78 is 15.6. The van der Waals surface area contributed by atoms with Gasteiger partial charge < -0.3 is 24.8 Å². The van der Waals surface area contributed by atoms with E-state index >= 15 is 0 Å². The van der Waals surface area contributed by atoms with Crippen LogP contribution in [0.25, 0.3) is 12.2 Å². The molecule has 2 aliphatic rings. The number of hydrogen-bond acceptors (Lipinski definition) is 2. The molecule has 0 fully saturated rings. The van der Waals surface area contributed by atoms with Crippen molar-refractivity contribution in [1.82, 2.24) is 0 Å². The average molecular weight is 836 g/mol. The summed E-state index contributed by atoms with van der Waals surface area (Å²) in [5, 5.41) is 3.29. The molecule has 0 radical (unpaired) electrons. The van der Waals surface area contributed by atoms with Crippen LogP contribution in [0.4, 0.5) is 0 Å². The predicted octanol–water partition coefficient (Wildman–Crippen LogP) is 4.39. The molecule has 2 aliphatic carbocycles. The molecule has 4 aromatic rings. The van der Waals surface area contributed by atoms with Crippen molar-refractivity contribution in [2.45, 2.75) is 85.1 Å². The van der Waals surface area contributed by atoms with E-state index in [-0.39, 0.29) is 42.1 Å². The Labute approximate surface area is 325 Å². The topological polar surface area (TPSA) is 18.5 Å². The van der Waals surface area contributed by atoms with Crippen LogP contribution in [-0.4, -0.2) is 22.6 Å². The van der Waals surface area contributed by atoms with Gasteiger partial charge in [0, 0.05) is 0 Å². The van der Waals surface area contributed by atoms with Crippen molar-refractivity contribution in [2.24, 2.45) is 0 Å². The van der Waals surface area contributed by atoms with Crippen LogP contribution >= 0.6 is 0 Å². The van der Waals surface area contributed by atoms with Crippen molar-refractivity contribution in [3.63, 3.8) is 0 Å². The molecule has 6 rings (SSSR count). The second-order valence-electron chi connectivity index (χ2n) is 16.7. The molecule has 0 aliphatic heterocycles. The molecule has 263 valence electrons. The van der Waals surface area contributed by atoms with E-state index in [1.165, 1.54) is 33.8 Å². The first kappa shape index (κ1) is 40.8. The van der Waals surface area contributed by atoms with Crippen LogP contribution in [0.1, 0.15) is 71.0 Å². The van der Waals surface area contributed by atoms with Crippen molar-refractivity contribution in [1.29, 1.82) is 0 Å². The summed E-state index contributed by atoms with van der Waals surface area (Å²) in [6.07, 6.45) is 4.86. The van der Waals surface area contributed by atoms with Gasteiger partial charge in [0.1, 0.15) is 0 Å². The molecule has 2 nitrogen and oxygen atoms in total. The Bertz CT molecular complexity index is 1700. The summed E-state index contributed by atoms with van der Waals surface area (Å²) in [5.41, 5.74) is 5.62. The van der Waals surface area contributed by atoms with Crippen LogP contribution in [0, 0.1) is 0 Å². The molecule has 0 heterocycles. The van der Waals surface area contributed by atoms with E-state index in [4.69, 9.17) is 8.85 Å². The fourth-order valence-corrected chi connectivity index (χ4v) is 36.2. The molecule has 0 aromatic heterocycles. The van der Waals surface area contributed by atoms with E-state index in [1.807, 2.05) is 0 Å². The van der Waals surface area contributed by atoms with E-state index in [1.54, 1.807) is 10.4 Å².